The Kier molecular flexibility index (Phi) is 4.25. The van der Waals surface area contributed by atoms with E-state index in [0.29, 0.717) is 12.2 Å². The molecular formula is C11H16FN3O. The van der Waals surface area contributed by atoms with Gasteiger partial charge < -0.3 is 16.8 Å². The van der Waals surface area contributed by atoms with Crippen LogP contribution in [0.15, 0.2) is 18.2 Å². The van der Waals surface area contributed by atoms with Gasteiger partial charge in [-0.3, -0.25) is 4.79 Å². The Morgan fingerprint density at radius 3 is 2.81 bits per heavy atom. The van der Waals surface area contributed by atoms with Gasteiger partial charge in [0, 0.05) is 18.3 Å². The number of hydrogen-bond acceptors (Lipinski definition) is 3. The molecule has 0 aliphatic carbocycles. The van der Waals surface area contributed by atoms with Gasteiger partial charge in [0.25, 0.3) is 5.91 Å². The van der Waals surface area contributed by atoms with E-state index in [9.17, 15) is 9.18 Å². The van der Waals surface area contributed by atoms with E-state index in [2.05, 4.69) is 5.32 Å². The number of halogens is 1. The summed E-state index contributed by atoms with van der Waals surface area (Å²) in [6.45, 7) is 2.45. The molecule has 0 fully saturated rings. The number of hydrogen-bond donors (Lipinski definition) is 3. The smallest absolute Gasteiger partial charge is 0.253 e. The summed E-state index contributed by atoms with van der Waals surface area (Å²) in [5, 5.41) is 2.95. The molecule has 1 aromatic rings. The highest BCUT2D eigenvalue weighted by molar-refractivity contribution is 5.98. The minimum atomic E-state index is -0.776. The molecule has 1 rings (SSSR count). The highest BCUT2D eigenvalue weighted by Gasteiger charge is 2.13. The second kappa shape index (κ2) is 5.46. The fraction of sp³-hybridized carbons (Fsp3) is 0.364. The molecule has 0 saturated carbocycles. The van der Waals surface area contributed by atoms with Crippen molar-refractivity contribution in [2.75, 3.05) is 11.9 Å². The van der Waals surface area contributed by atoms with Crippen LogP contribution in [0.5, 0.6) is 0 Å². The molecule has 0 saturated heterocycles. The Hall–Kier alpha value is -1.62. The Bertz CT molecular complexity index is 379. The molecule has 0 radical (unpaired) electrons. The fourth-order valence-electron chi connectivity index (χ4n) is 1.36. The van der Waals surface area contributed by atoms with E-state index >= 15 is 0 Å². The van der Waals surface area contributed by atoms with E-state index in [4.69, 9.17) is 11.5 Å². The van der Waals surface area contributed by atoms with E-state index in [1.165, 1.54) is 12.1 Å². The minimum absolute atomic E-state index is 0.0538. The van der Waals surface area contributed by atoms with Gasteiger partial charge in [-0.25, -0.2) is 4.39 Å². The molecule has 1 amide bonds. The molecule has 1 atom stereocenters. The Morgan fingerprint density at radius 1 is 1.56 bits per heavy atom. The monoisotopic (exact) mass is 225 g/mol. The third-order valence-corrected chi connectivity index (χ3v) is 2.18. The van der Waals surface area contributed by atoms with Crippen LogP contribution in [0.3, 0.4) is 0 Å². The molecule has 88 valence electrons. The van der Waals surface area contributed by atoms with Crippen LogP contribution in [0.4, 0.5) is 10.1 Å². The van der Waals surface area contributed by atoms with Crippen LogP contribution in [0.2, 0.25) is 0 Å². The van der Waals surface area contributed by atoms with Gasteiger partial charge in [0.15, 0.2) is 0 Å². The SMILES string of the molecule is CC(N)CCNc1cccc(F)c1C(N)=O. The highest BCUT2D eigenvalue weighted by Crippen LogP contribution is 2.18. The van der Waals surface area contributed by atoms with Crippen molar-refractivity contribution in [3.63, 3.8) is 0 Å². The topological polar surface area (TPSA) is 81.1 Å². The number of primary amides is 1. The first-order valence-electron chi connectivity index (χ1n) is 5.10. The van der Waals surface area contributed by atoms with Crippen LogP contribution in [0.1, 0.15) is 23.7 Å². The number of nitrogens with two attached hydrogens (primary N) is 2. The maximum atomic E-state index is 13.3. The third-order valence-electron chi connectivity index (χ3n) is 2.18. The first-order chi connectivity index (χ1) is 7.52. The summed E-state index contributed by atoms with van der Waals surface area (Å²) < 4.78 is 13.3. The number of anilines is 1. The lowest BCUT2D eigenvalue weighted by molar-refractivity contribution is 0.0997. The normalized spacial score (nSPS) is 12.2. The van der Waals surface area contributed by atoms with Crippen molar-refractivity contribution in [2.24, 2.45) is 11.5 Å². The zero-order valence-electron chi connectivity index (χ0n) is 9.16. The second-order valence-corrected chi connectivity index (χ2v) is 3.72. The average Bonchev–Trinajstić information content (AvgIpc) is 2.16. The van der Waals surface area contributed by atoms with Crippen LogP contribution in [-0.2, 0) is 0 Å². The molecular weight excluding hydrogens is 209 g/mol. The van der Waals surface area contributed by atoms with Crippen LogP contribution in [0, 0.1) is 5.82 Å². The third kappa shape index (κ3) is 3.20. The molecule has 0 aliphatic heterocycles. The lowest BCUT2D eigenvalue weighted by atomic mass is 10.1. The van der Waals surface area contributed by atoms with Crippen molar-refractivity contribution in [1.82, 2.24) is 0 Å². The number of carbonyl (C=O) groups is 1. The minimum Gasteiger partial charge on any atom is -0.384 e. The molecule has 1 aromatic carbocycles. The molecule has 0 bridgehead atoms. The van der Waals surface area contributed by atoms with Gasteiger partial charge in [-0.15, -0.1) is 0 Å². The lowest BCUT2D eigenvalue weighted by Crippen LogP contribution is -2.21. The predicted molar refractivity (Wildman–Crippen MR) is 61.7 cm³/mol. The molecule has 0 heterocycles. The number of rotatable bonds is 5. The first kappa shape index (κ1) is 12.4. The molecule has 5 heteroatoms. The highest BCUT2D eigenvalue weighted by atomic mass is 19.1. The average molecular weight is 225 g/mol. The van der Waals surface area contributed by atoms with Gasteiger partial charge >= 0.3 is 0 Å². The summed E-state index contributed by atoms with van der Waals surface area (Å²) in [6, 6.07) is 4.40. The summed E-state index contributed by atoms with van der Waals surface area (Å²) in [4.78, 5) is 11.1. The van der Waals surface area contributed by atoms with E-state index < -0.39 is 11.7 Å². The van der Waals surface area contributed by atoms with E-state index in [0.717, 1.165) is 6.42 Å². The number of benzene rings is 1. The molecule has 4 nitrogen and oxygen atoms in total. The molecule has 0 aromatic heterocycles. The van der Waals surface area contributed by atoms with E-state index in [1.54, 1.807) is 6.07 Å². The molecule has 16 heavy (non-hydrogen) atoms. The largest absolute Gasteiger partial charge is 0.384 e. The molecule has 0 aliphatic rings. The fourth-order valence-corrected chi connectivity index (χ4v) is 1.36. The summed E-state index contributed by atoms with van der Waals surface area (Å²) in [7, 11) is 0. The number of amides is 1. The Labute approximate surface area is 93.8 Å². The molecule has 0 spiro atoms. The van der Waals surface area contributed by atoms with Crippen LogP contribution >= 0.6 is 0 Å². The quantitative estimate of drug-likeness (QED) is 0.701. The predicted octanol–water partition coefficient (Wildman–Crippen LogP) is 1.07. The van der Waals surface area contributed by atoms with Crippen molar-refractivity contribution >= 4 is 11.6 Å². The standard InChI is InChI=1S/C11H16FN3O/c1-7(13)5-6-15-9-4-2-3-8(12)10(9)11(14)16/h2-4,7,15H,5-6,13H2,1H3,(H2,14,16). The number of nitrogens with one attached hydrogen (secondary N) is 1. The Balaban J connectivity index is 2.79. The maximum Gasteiger partial charge on any atom is 0.253 e. The van der Waals surface area contributed by atoms with E-state index in [-0.39, 0.29) is 11.6 Å². The van der Waals surface area contributed by atoms with Crippen molar-refractivity contribution < 1.29 is 9.18 Å². The van der Waals surface area contributed by atoms with Gasteiger partial charge in [0.2, 0.25) is 0 Å². The zero-order chi connectivity index (χ0) is 12.1. The second-order valence-electron chi connectivity index (χ2n) is 3.72. The van der Waals surface area contributed by atoms with Gasteiger partial charge in [-0.1, -0.05) is 6.07 Å². The van der Waals surface area contributed by atoms with Crippen LogP contribution < -0.4 is 16.8 Å². The van der Waals surface area contributed by atoms with Crippen molar-refractivity contribution in [3.8, 4) is 0 Å². The van der Waals surface area contributed by atoms with Crippen LogP contribution in [0.25, 0.3) is 0 Å². The van der Waals surface area contributed by atoms with Gasteiger partial charge in [-0.05, 0) is 25.5 Å². The summed E-state index contributed by atoms with van der Waals surface area (Å²) >= 11 is 0. The Morgan fingerprint density at radius 2 is 2.25 bits per heavy atom. The van der Waals surface area contributed by atoms with Crippen molar-refractivity contribution in [3.05, 3.63) is 29.6 Å². The first-order valence-corrected chi connectivity index (χ1v) is 5.10. The maximum absolute atomic E-state index is 13.3. The summed E-state index contributed by atoms with van der Waals surface area (Å²) in [5.74, 6) is -1.39. The van der Waals surface area contributed by atoms with Crippen molar-refractivity contribution in [1.29, 1.82) is 0 Å². The lowest BCUT2D eigenvalue weighted by Gasteiger charge is -2.11. The van der Waals surface area contributed by atoms with Crippen LogP contribution in [-0.4, -0.2) is 18.5 Å². The van der Waals surface area contributed by atoms with Gasteiger partial charge in [0.1, 0.15) is 5.82 Å². The zero-order valence-corrected chi connectivity index (χ0v) is 9.16. The van der Waals surface area contributed by atoms with Gasteiger partial charge in [0.05, 0.1) is 5.56 Å². The molecule has 1 unspecified atom stereocenters. The van der Waals surface area contributed by atoms with E-state index in [1.807, 2.05) is 6.92 Å². The van der Waals surface area contributed by atoms with Crippen molar-refractivity contribution in [2.45, 2.75) is 19.4 Å². The summed E-state index contributed by atoms with van der Waals surface area (Å²) in [6.07, 6.45) is 0.731. The van der Waals surface area contributed by atoms with Gasteiger partial charge in [-0.2, -0.15) is 0 Å². The number of carbonyl (C=O) groups excluding carboxylic acids is 1. The molecule has 5 N–H and O–H groups in total. The summed E-state index contributed by atoms with van der Waals surface area (Å²) in [5.41, 5.74) is 11.0.